The molecule has 0 radical (unpaired) electrons. The third-order valence-electron chi connectivity index (χ3n) is 3.75. The highest BCUT2D eigenvalue weighted by Crippen LogP contribution is 2.30. The van der Waals surface area contributed by atoms with Crippen molar-refractivity contribution in [2.75, 3.05) is 5.32 Å². The average molecular weight is 319 g/mol. The fraction of sp³-hybridized carbons (Fsp3) is 0.0588. The molecule has 1 aliphatic heterocycles. The first kappa shape index (κ1) is 14.1. The van der Waals surface area contributed by atoms with E-state index in [-0.39, 0.29) is 11.8 Å². The van der Waals surface area contributed by atoms with Crippen LogP contribution in [0.1, 0.15) is 12.5 Å². The van der Waals surface area contributed by atoms with E-state index in [1.54, 1.807) is 6.07 Å². The van der Waals surface area contributed by atoms with E-state index in [0.29, 0.717) is 16.9 Å². The van der Waals surface area contributed by atoms with E-state index >= 15 is 0 Å². The summed E-state index contributed by atoms with van der Waals surface area (Å²) >= 11 is 0. The van der Waals surface area contributed by atoms with Crippen molar-refractivity contribution in [3.8, 4) is 5.88 Å². The molecule has 0 spiro atoms. The predicted molar refractivity (Wildman–Crippen MR) is 89.6 cm³/mol. The van der Waals surface area contributed by atoms with E-state index in [0.717, 1.165) is 21.5 Å². The monoisotopic (exact) mass is 319 g/mol. The van der Waals surface area contributed by atoms with Crippen molar-refractivity contribution in [3.05, 3.63) is 52.5 Å². The Morgan fingerprint density at radius 2 is 2.12 bits per heavy atom. The van der Waals surface area contributed by atoms with Gasteiger partial charge < -0.3 is 15.4 Å². The number of amides is 1. The number of rotatable bonds is 2. The average Bonchev–Trinajstić information content (AvgIpc) is 3.12. The molecule has 0 aliphatic carbocycles. The maximum atomic E-state index is 11.2. The third kappa shape index (κ3) is 2.41. The minimum Gasteiger partial charge on any atom is -0.494 e. The van der Waals surface area contributed by atoms with Crippen LogP contribution < -0.4 is 15.9 Å². The maximum absolute atomic E-state index is 11.2. The summed E-state index contributed by atoms with van der Waals surface area (Å²) in [5, 5.41) is 26.8. The van der Waals surface area contributed by atoms with Crippen molar-refractivity contribution < 1.29 is 9.90 Å². The number of hydrogen-bond donors (Lipinski definition) is 3. The van der Waals surface area contributed by atoms with Gasteiger partial charge in [-0.25, -0.2) is 0 Å². The summed E-state index contributed by atoms with van der Waals surface area (Å²) in [6.45, 7) is 1.45. The molecule has 118 valence electrons. The van der Waals surface area contributed by atoms with Crippen LogP contribution in [0.3, 0.4) is 0 Å². The fourth-order valence-corrected chi connectivity index (χ4v) is 2.71. The number of nitrogens with one attached hydrogen (secondary N) is 2. The molecule has 1 aromatic heterocycles. The van der Waals surface area contributed by atoms with Gasteiger partial charge in [0.25, 0.3) is 0 Å². The molecule has 4 rings (SSSR count). The van der Waals surface area contributed by atoms with Crippen LogP contribution in [0.15, 0.2) is 51.8 Å². The van der Waals surface area contributed by atoms with Crippen LogP contribution in [0.4, 0.5) is 11.4 Å². The molecule has 3 aromatic rings. The number of aromatic nitrogens is 1. The van der Waals surface area contributed by atoms with Crippen molar-refractivity contribution in [2.24, 2.45) is 15.4 Å². The van der Waals surface area contributed by atoms with Gasteiger partial charge in [0.05, 0.1) is 0 Å². The zero-order chi connectivity index (χ0) is 16.7. The number of nitrogens with zero attached hydrogens (tertiary/aromatic N) is 3. The second-order valence-corrected chi connectivity index (χ2v) is 5.51. The Morgan fingerprint density at radius 3 is 2.96 bits per heavy atom. The highest BCUT2D eigenvalue weighted by Gasteiger charge is 2.10. The van der Waals surface area contributed by atoms with Crippen molar-refractivity contribution in [3.63, 3.8) is 0 Å². The summed E-state index contributed by atoms with van der Waals surface area (Å²) < 4.78 is 0. The van der Waals surface area contributed by atoms with Gasteiger partial charge in [-0.1, -0.05) is 6.07 Å². The first-order valence-corrected chi connectivity index (χ1v) is 7.33. The number of anilines is 1. The van der Waals surface area contributed by atoms with Gasteiger partial charge in [0.15, 0.2) is 5.88 Å². The number of H-pyrrole nitrogens is 1. The summed E-state index contributed by atoms with van der Waals surface area (Å²) in [5.74, 6) is -0.0795. The highest BCUT2D eigenvalue weighted by atomic mass is 16.3. The van der Waals surface area contributed by atoms with E-state index in [9.17, 15) is 9.90 Å². The minimum absolute atomic E-state index is 0.0665. The van der Waals surface area contributed by atoms with Crippen LogP contribution in [0.5, 0.6) is 5.88 Å². The SMILES string of the molecule is CC(=O)Nc1ccc2[nH]c(O)c(C=c3ccc4c(c3)N=NN=4)c2c1. The molecule has 2 aromatic carbocycles. The second kappa shape index (κ2) is 5.31. The number of aromatic amines is 1. The van der Waals surface area contributed by atoms with Gasteiger partial charge >= 0.3 is 0 Å². The largest absolute Gasteiger partial charge is 0.494 e. The van der Waals surface area contributed by atoms with E-state index < -0.39 is 0 Å². The summed E-state index contributed by atoms with van der Waals surface area (Å²) in [5.41, 5.74) is 2.79. The molecule has 0 fully saturated rings. The lowest BCUT2D eigenvalue weighted by Crippen LogP contribution is -2.07. The summed E-state index contributed by atoms with van der Waals surface area (Å²) in [4.78, 5) is 14.2. The smallest absolute Gasteiger partial charge is 0.221 e. The Kier molecular flexibility index (Phi) is 3.13. The molecule has 1 amide bonds. The molecule has 7 heteroatoms. The van der Waals surface area contributed by atoms with Crippen LogP contribution in [0.2, 0.25) is 0 Å². The molecule has 0 bridgehead atoms. The van der Waals surface area contributed by atoms with Gasteiger partial charge in [-0.15, -0.1) is 10.2 Å². The Hall–Kier alpha value is -3.48. The van der Waals surface area contributed by atoms with Gasteiger partial charge in [-0.05, 0) is 46.8 Å². The molecular formula is C17H13N5O2. The molecule has 0 atom stereocenters. The van der Waals surface area contributed by atoms with Gasteiger partial charge in [0.2, 0.25) is 5.91 Å². The van der Waals surface area contributed by atoms with Gasteiger partial charge in [-0.2, -0.15) is 0 Å². The zero-order valence-corrected chi connectivity index (χ0v) is 12.7. The first-order valence-electron chi connectivity index (χ1n) is 7.33. The number of carbonyl (C=O) groups is 1. The number of hydrogen-bond acceptors (Lipinski definition) is 5. The van der Waals surface area contributed by atoms with E-state index in [1.165, 1.54) is 6.92 Å². The number of fused-ring (bicyclic) bond motifs is 2. The number of aromatic hydroxyl groups is 1. The molecule has 0 saturated carbocycles. The van der Waals surface area contributed by atoms with Crippen LogP contribution >= 0.6 is 0 Å². The molecular weight excluding hydrogens is 306 g/mol. The van der Waals surface area contributed by atoms with Crippen LogP contribution in [-0.4, -0.2) is 16.0 Å². The van der Waals surface area contributed by atoms with Crippen molar-refractivity contribution in [1.82, 2.24) is 4.98 Å². The fourth-order valence-electron chi connectivity index (χ4n) is 2.71. The van der Waals surface area contributed by atoms with Crippen LogP contribution in [-0.2, 0) is 4.79 Å². The van der Waals surface area contributed by atoms with E-state index in [4.69, 9.17) is 0 Å². The summed E-state index contributed by atoms with van der Waals surface area (Å²) in [6, 6.07) is 11.0. The lowest BCUT2D eigenvalue weighted by Gasteiger charge is -2.02. The lowest BCUT2D eigenvalue weighted by molar-refractivity contribution is -0.114. The van der Waals surface area contributed by atoms with Gasteiger partial charge in [0.1, 0.15) is 11.0 Å². The summed E-state index contributed by atoms with van der Waals surface area (Å²) in [6.07, 6.45) is 1.85. The first-order chi connectivity index (χ1) is 11.6. The highest BCUT2D eigenvalue weighted by molar-refractivity contribution is 5.97. The third-order valence-corrected chi connectivity index (χ3v) is 3.75. The topological polar surface area (TPSA) is 102 Å². The Labute approximate surface area is 136 Å². The second-order valence-electron chi connectivity index (χ2n) is 5.51. The van der Waals surface area contributed by atoms with E-state index in [1.807, 2.05) is 36.4 Å². The minimum atomic E-state index is -0.146. The molecule has 24 heavy (non-hydrogen) atoms. The standard InChI is InChI=1S/C17H13N5O2/c1-9(23)18-11-3-5-14-12(8-11)13(17(24)19-14)6-10-2-4-15-16(7-10)21-22-20-15/h2-8,19,24H,1H3,(H,18,23). The molecule has 0 saturated heterocycles. The summed E-state index contributed by atoms with van der Waals surface area (Å²) in [7, 11) is 0. The Bertz CT molecular complexity index is 1130. The van der Waals surface area contributed by atoms with Gasteiger partial charge in [-0.3, -0.25) is 4.79 Å². The quantitative estimate of drug-likeness (QED) is 0.675. The van der Waals surface area contributed by atoms with Crippen LogP contribution in [0, 0.1) is 0 Å². The molecule has 2 heterocycles. The van der Waals surface area contributed by atoms with Gasteiger partial charge in [0, 0.05) is 29.1 Å². The molecule has 3 N–H and O–H groups in total. The Morgan fingerprint density at radius 1 is 1.25 bits per heavy atom. The molecule has 0 unspecified atom stereocenters. The van der Waals surface area contributed by atoms with E-state index in [2.05, 4.69) is 25.7 Å². The number of benzene rings is 2. The lowest BCUT2D eigenvalue weighted by atomic mass is 10.1. The normalized spacial score (nSPS) is 13.1. The van der Waals surface area contributed by atoms with Crippen molar-refractivity contribution in [2.45, 2.75) is 6.92 Å². The predicted octanol–water partition coefficient (Wildman–Crippen LogP) is 2.29. The Balaban J connectivity index is 1.88. The molecule has 7 nitrogen and oxygen atoms in total. The van der Waals surface area contributed by atoms with Crippen molar-refractivity contribution >= 4 is 34.3 Å². The zero-order valence-electron chi connectivity index (χ0n) is 12.7. The molecule has 1 aliphatic rings. The van der Waals surface area contributed by atoms with Crippen molar-refractivity contribution in [1.29, 1.82) is 0 Å². The van der Waals surface area contributed by atoms with Crippen LogP contribution in [0.25, 0.3) is 17.0 Å². The maximum Gasteiger partial charge on any atom is 0.221 e. The number of carbonyl (C=O) groups excluding carboxylic acids is 1.